The molecule has 4 aromatic heterocycles. The van der Waals surface area contributed by atoms with E-state index in [0.717, 1.165) is 130 Å². The number of piperazine rings is 2. The van der Waals surface area contributed by atoms with Crippen LogP contribution in [0.15, 0.2) is 121 Å². The number of aliphatic hydroxyl groups is 1. The van der Waals surface area contributed by atoms with Gasteiger partial charge in [-0.1, -0.05) is 24.3 Å². The van der Waals surface area contributed by atoms with E-state index >= 15 is 0 Å². The molecule has 31 heteroatoms. The molecule has 3 aliphatic rings. The molecule has 1 aliphatic carbocycles. The van der Waals surface area contributed by atoms with Crippen molar-refractivity contribution in [3.63, 3.8) is 0 Å². The fourth-order valence-corrected chi connectivity index (χ4v) is 14.5. The van der Waals surface area contributed by atoms with Crippen molar-refractivity contribution in [3.05, 3.63) is 121 Å². The molecule has 3 fully saturated rings. The van der Waals surface area contributed by atoms with Crippen LogP contribution in [0.5, 0.6) is 11.5 Å². The second kappa shape index (κ2) is 39.0. The summed E-state index contributed by atoms with van der Waals surface area (Å²) in [6.07, 6.45) is 3.61. The van der Waals surface area contributed by atoms with Crippen LogP contribution >= 0.6 is 0 Å². The van der Waals surface area contributed by atoms with Gasteiger partial charge in [0, 0.05) is 145 Å². The lowest BCUT2D eigenvalue weighted by molar-refractivity contribution is -0.148. The number of carbonyl (C=O) groups is 7. The number of primary amides is 1. The lowest BCUT2D eigenvalue weighted by Gasteiger charge is -2.34. The summed E-state index contributed by atoms with van der Waals surface area (Å²) in [7, 11) is 7.57. The first-order valence-electron chi connectivity index (χ1n) is 39.9. The van der Waals surface area contributed by atoms with E-state index in [4.69, 9.17) is 39.9 Å². The van der Waals surface area contributed by atoms with Gasteiger partial charge in [-0.2, -0.15) is 0 Å². The minimum atomic E-state index is -0.751. The number of H-pyrrole nitrogens is 4. The van der Waals surface area contributed by atoms with Gasteiger partial charge >= 0.3 is 0 Å². The van der Waals surface area contributed by atoms with Crippen LogP contribution in [0.3, 0.4) is 0 Å². The predicted molar refractivity (Wildman–Crippen MR) is 442 cm³/mol. The monoisotopic (exact) mass is 1570 g/mol. The van der Waals surface area contributed by atoms with Gasteiger partial charge < -0.3 is 99.7 Å². The summed E-state index contributed by atoms with van der Waals surface area (Å²) in [5.41, 5.74) is 18.5. The van der Waals surface area contributed by atoms with Crippen molar-refractivity contribution in [3.8, 4) is 57.1 Å². The topological polar surface area (TPSA) is 361 Å². The van der Waals surface area contributed by atoms with E-state index in [2.05, 4.69) is 101 Å². The van der Waals surface area contributed by atoms with Gasteiger partial charge in [0.1, 0.15) is 41.3 Å². The van der Waals surface area contributed by atoms with E-state index in [0.29, 0.717) is 68.2 Å². The van der Waals surface area contributed by atoms with Gasteiger partial charge in [-0.3, -0.25) is 33.6 Å². The van der Waals surface area contributed by atoms with Crippen molar-refractivity contribution in [1.29, 1.82) is 0 Å². The van der Waals surface area contributed by atoms with Crippen molar-refractivity contribution in [2.24, 2.45) is 5.73 Å². The van der Waals surface area contributed by atoms with E-state index in [1.54, 1.807) is 0 Å². The molecule has 0 radical (unpaired) electrons. The molecule has 2 aliphatic heterocycles. The van der Waals surface area contributed by atoms with Crippen molar-refractivity contribution in [2.75, 3.05) is 189 Å². The van der Waals surface area contributed by atoms with Crippen LogP contribution in [0.1, 0.15) is 57.8 Å². The summed E-state index contributed by atoms with van der Waals surface area (Å²) in [6, 6.07) is 39.7. The molecule has 31 nitrogen and oxygen atoms in total. The van der Waals surface area contributed by atoms with Gasteiger partial charge in [-0.05, 0) is 170 Å². The summed E-state index contributed by atoms with van der Waals surface area (Å²) >= 11 is 0. The third-order valence-electron chi connectivity index (χ3n) is 21.3. The van der Waals surface area contributed by atoms with Crippen LogP contribution in [-0.4, -0.2) is 306 Å². The number of methoxy groups -OCH3 is 1. The highest BCUT2D eigenvalue weighted by molar-refractivity contribution is 5.94. The highest BCUT2D eigenvalue weighted by atomic mass is 16.5. The number of amides is 7. The quantitative estimate of drug-likeness (QED) is 0.0194. The predicted octanol–water partition coefficient (Wildman–Crippen LogP) is 6.32. The van der Waals surface area contributed by atoms with Crippen LogP contribution in [0.2, 0.25) is 0 Å². The summed E-state index contributed by atoms with van der Waals surface area (Å²) in [5.74, 6) is 0.576. The number of aromatic nitrogens is 8. The fraction of sp³-hybridized carbons (Fsp3) is 0.440. The Balaban J connectivity index is 0.548. The summed E-state index contributed by atoms with van der Waals surface area (Å²) in [4.78, 5) is 146. The highest BCUT2D eigenvalue weighted by Gasteiger charge is 2.37. The number of hydrogen-bond acceptors (Lipinski definition) is 20. The molecule has 10 aromatic rings. The molecular weight excluding hydrogens is 1470 g/mol. The van der Waals surface area contributed by atoms with Gasteiger partial charge in [0.15, 0.2) is 0 Å². The molecule has 115 heavy (non-hydrogen) atoms. The van der Waals surface area contributed by atoms with E-state index in [-0.39, 0.29) is 90.3 Å². The lowest BCUT2D eigenvalue weighted by atomic mass is 10.2. The van der Waals surface area contributed by atoms with Crippen LogP contribution < -0.4 is 35.6 Å². The Hall–Kier alpha value is -11.5. The Morgan fingerprint density at radius 1 is 0.470 bits per heavy atom. The molecule has 0 unspecified atom stereocenters. The number of likely N-dealkylation sites (N-methyl/N-ethyl adjacent to an activating group) is 2. The number of nitrogens with zero attached hydrogens (tertiary/aromatic N) is 13. The molecule has 13 rings (SSSR count). The average molecular weight is 1570 g/mol. The number of benzene rings is 6. The van der Waals surface area contributed by atoms with Crippen molar-refractivity contribution < 1.29 is 52.9 Å². The zero-order valence-electron chi connectivity index (χ0n) is 66.2. The van der Waals surface area contributed by atoms with Crippen LogP contribution in [0.25, 0.3) is 89.7 Å². The van der Waals surface area contributed by atoms with Gasteiger partial charge in [0.2, 0.25) is 41.4 Å². The zero-order valence-corrected chi connectivity index (χ0v) is 66.2. The Labute approximate surface area is 668 Å². The number of anilines is 2. The Morgan fingerprint density at radius 3 is 1.45 bits per heavy atom. The number of aliphatic hydroxyl groups excluding tert-OH is 1. The molecule has 2 saturated heterocycles. The number of fused-ring (bicyclic) bond motifs is 4. The maximum Gasteiger partial charge on any atom is 0.242 e. The fourth-order valence-electron chi connectivity index (χ4n) is 14.5. The third-order valence-corrected chi connectivity index (χ3v) is 21.3. The number of hydrogen-bond donors (Lipinski definition) is 8. The first-order valence-corrected chi connectivity index (χ1v) is 39.9. The average Bonchev–Trinajstić information content (AvgIpc) is 1.64. The second-order valence-corrected chi connectivity index (χ2v) is 30.0. The molecule has 608 valence electrons. The van der Waals surface area contributed by atoms with Crippen molar-refractivity contribution in [2.45, 2.75) is 63.8 Å². The van der Waals surface area contributed by atoms with Crippen LogP contribution in [0.4, 0.5) is 11.4 Å². The molecule has 6 aromatic carbocycles. The largest absolute Gasteiger partial charge is 0.494 e. The Bertz CT molecular complexity index is 5020. The molecule has 0 spiro atoms. The van der Waals surface area contributed by atoms with E-state index in [1.807, 2.05) is 92.0 Å². The molecule has 0 atom stereocenters. The first-order chi connectivity index (χ1) is 55.9. The molecule has 0 bridgehead atoms. The zero-order chi connectivity index (χ0) is 80.3. The third kappa shape index (κ3) is 21.9. The number of imidazole rings is 4. The van der Waals surface area contributed by atoms with Gasteiger partial charge in [-0.25, -0.2) is 19.9 Å². The molecule has 6 heterocycles. The van der Waals surface area contributed by atoms with Gasteiger partial charge in [0.05, 0.1) is 96.7 Å². The number of nitrogens with one attached hydrogen (secondary N) is 6. The van der Waals surface area contributed by atoms with Crippen LogP contribution in [0, 0.1) is 0 Å². The first kappa shape index (κ1) is 81.5. The second-order valence-electron chi connectivity index (χ2n) is 30.0. The minimum absolute atomic E-state index is 0.00336. The summed E-state index contributed by atoms with van der Waals surface area (Å²) in [5, 5.41) is 16.1. The lowest BCUT2D eigenvalue weighted by Crippen LogP contribution is -2.52. The number of rotatable bonds is 41. The highest BCUT2D eigenvalue weighted by Crippen LogP contribution is 2.33. The number of carbonyl (C=O) groups excluding carboxylic acids is 7. The smallest absolute Gasteiger partial charge is 0.242 e. The van der Waals surface area contributed by atoms with Crippen molar-refractivity contribution in [1.82, 2.24) is 84.8 Å². The summed E-state index contributed by atoms with van der Waals surface area (Å²) < 4.78 is 17.6. The van der Waals surface area contributed by atoms with E-state index < -0.39 is 68.2 Å². The van der Waals surface area contributed by atoms with Crippen molar-refractivity contribution >= 4 is 96.9 Å². The SMILES string of the molecule is CNCCCCN(CC(=O)N(CC(=O)N(CCCNC(=O)CCCOc1cccc(-c2nc3ccc(-c4nc5cc(N6CCN(C)CC6)ccc5[nH]4)cc3[nH]2)c1)CC(N)=O)C1CC1)C(=O)CN(CCOC)C(=O)CN(CCO)C(=O)CCCOc1cccc(-c2nc3ccc(-c4nc5cc(N6CCN(C)CC6)ccc5[nH]4)cc3[nH]2)c1. The van der Waals surface area contributed by atoms with Gasteiger partial charge in [0.25, 0.3) is 0 Å². The molecular formula is C84H106N20O11. The Kier molecular flexibility index (Phi) is 27.7. The van der Waals surface area contributed by atoms with E-state index in [9.17, 15) is 38.7 Å². The molecule has 7 amide bonds. The minimum Gasteiger partial charge on any atom is -0.494 e. The number of aromatic amines is 4. The summed E-state index contributed by atoms with van der Waals surface area (Å²) in [6.45, 7) is 6.93. The molecule has 1 saturated carbocycles. The molecule has 9 N–H and O–H groups in total. The number of unbranched alkanes of at least 4 members (excludes halogenated alkanes) is 1. The standard InChI is InChI=1S/C84H106N20O11/c1-86-28-5-6-30-101(77(109)54-103(41-45-113-4)78(110)53-102(40-42-105)76(108)17-10-44-115-65-15-8-13-58(47-65)82-89-67-25-19-60(49-71(67)93-82)84-91-69-27-23-63(51-73(69)95-84)99-38-34-97(3)35-39-99)55-80(112)104(61-20-21-61)56-79(111)100(52-74(85)106)31-11-29-87-75(107)16-9-43-114-64-14-7-12-57(46-64)81-88-66-24-18-59(48-70(66)92-81)83-90-68-26-22-62(50-72(68)94-83)98-36-32-96(2)33-37-98/h7-8,12-15,18-19,22-27,46-51,61,86,105H,5-6,9-11,16-17,20-21,28-45,52-56H2,1-4H3,(H2,85,106)(H,87,107)(H,88,92)(H,89,93)(H,90,94)(H,91,95). The van der Waals surface area contributed by atoms with Gasteiger partial charge in [-0.15, -0.1) is 0 Å². The normalized spacial score (nSPS) is 14.1. The maximum atomic E-state index is 14.5. The number of ether oxygens (including phenoxy) is 3. The number of nitrogens with two attached hydrogens (primary N) is 1. The maximum absolute atomic E-state index is 14.5. The Morgan fingerprint density at radius 2 is 0.939 bits per heavy atom. The van der Waals surface area contributed by atoms with Crippen LogP contribution in [-0.2, 0) is 38.3 Å². The van der Waals surface area contributed by atoms with E-state index in [1.165, 1.54) is 43.0 Å².